The van der Waals surface area contributed by atoms with E-state index in [2.05, 4.69) is 5.32 Å². The first-order valence-electron chi connectivity index (χ1n) is 9.02. The predicted octanol–water partition coefficient (Wildman–Crippen LogP) is 2.21. The van der Waals surface area contributed by atoms with Crippen molar-refractivity contribution < 1.29 is 14.3 Å². The van der Waals surface area contributed by atoms with Gasteiger partial charge in [-0.2, -0.15) is 0 Å². The summed E-state index contributed by atoms with van der Waals surface area (Å²) in [5.74, 6) is 2.02. The molecule has 3 rings (SSSR count). The Bertz CT molecular complexity index is 609. The van der Waals surface area contributed by atoms with Crippen LogP contribution in [0.5, 0.6) is 5.75 Å². The van der Waals surface area contributed by atoms with Crippen molar-refractivity contribution in [2.75, 3.05) is 40.3 Å². The number of urea groups is 1. The zero-order chi connectivity index (χ0) is 17.8. The van der Waals surface area contributed by atoms with Crippen molar-refractivity contribution in [2.45, 2.75) is 19.3 Å². The second-order valence-corrected chi connectivity index (χ2v) is 6.91. The molecule has 1 N–H and O–H groups in total. The maximum Gasteiger partial charge on any atom is 0.317 e. The van der Waals surface area contributed by atoms with Gasteiger partial charge >= 0.3 is 6.03 Å². The monoisotopic (exact) mass is 345 g/mol. The van der Waals surface area contributed by atoms with Crippen LogP contribution in [-0.2, 0) is 0 Å². The number of nitrogens with zero attached hydrogens (tertiary/aromatic N) is 2. The summed E-state index contributed by atoms with van der Waals surface area (Å²) >= 11 is 0. The topological polar surface area (TPSA) is 61.9 Å². The Balaban J connectivity index is 1.53. The van der Waals surface area contributed by atoms with Gasteiger partial charge in [0.2, 0.25) is 0 Å². The number of carbonyl (C=O) groups is 2. The van der Waals surface area contributed by atoms with Crippen molar-refractivity contribution in [3.63, 3.8) is 0 Å². The van der Waals surface area contributed by atoms with Gasteiger partial charge in [-0.15, -0.1) is 0 Å². The molecule has 1 aromatic rings. The van der Waals surface area contributed by atoms with Crippen LogP contribution in [0.4, 0.5) is 4.79 Å². The Morgan fingerprint density at radius 1 is 1.00 bits per heavy atom. The summed E-state index contributed by atoms with van der Waals surface area (Å²) in [5, 5.41) is 2.69. The fourth-order valence-corrected chi connectivity index (χ4v) is 4.00. The summed E-state index contributed by atoms with van der Waals surface area (Å²) in [6.07, 6.45) is 3.12. The minimum atomic E-state index is 0.0150. The molecule has 0 saturated carbocycles. The first-order chi connectivity index (χ1) is 12.1. The molecule has 1 atom stereocenters. The van der Waals surface area contributed by atoms with Crippen molar-refractivity contribution in [1.29, 1.82) is 0 Å². The Morgan fingerprint density at radius 2 is 1.60 bits per heavy atom. The second kappa shape index (κ2) is 7.76. The third-order valence-corrected chi connectivity index (χ3v) is 5.56. The highest BCUT2D eigenvalue weighted by atomic mass is 16.5. The summed E-state index contributed by atoms with van der Waals surface area (Å²) in [4.78, 5) is 28.2. The lowest BCUT2D eigenvalue weighted by atomic mass is 9.84. The fraction of sp³-hybridized carbons (Fsp3) is 0.579. The first kappa shape index (κ1) is 17.6. The number of rotatable bonds is 3. The summed E-state index contributed by atoms with van der Waals surface area (Å²) in [6, 6.07) is 7.33. The van der Waals surface area contributed by atoms with Gasteiger partial charge in [-0.25, -0.2) is 4.79 Å². The van der Waals surface area contributed by atoms with Crippen molar-refractivity contribution in [2.24, 2.45) is 11.8 Å². The molecule has 2 aliphatic heterocycles. The minimum Gasteiger partial charge on any atom is -0.497 e. The maximum atomic E-state index is 12.7. The van der Waals surface area contributed by atoms with Gasteiger partial charge in [-0.3, -0.25) is 4.79 Å². The van der Waals surface area contributed by atoms with Crippen molar-refractivity contribution >= 4 is 11.9 Å². The number of ether oxygens (including phenoxy) is 1. The number of amides is 3. The van der Waals surface area contributed by atoms with Crippen molar-refractivity contribution in [3.05, 3.63) is 29.8 Å². The molecule has 0 aromatic heterocycles. The zero-order valence-corrected chi connectivity index (χ0v) is 15.0. The van der Waals surface area contributed by atoms with Crippen LogP contribution in [0.25, 0.3) is 0 Å². The van der Waals surface area contributed by atoms with Gasteiger partial charge in [0.05, 0.1) is 7.11 Å². The van der Waals surface area contributed by atoms with Crippen LogP contribution < -0.4 is 10.1 Å². The van der Waals surface area contributed by atoms with Gasteiger partial charge in [0, 0.05) is 38.8 Å². The van der Waals surface area contributed by atoms with Crippen LogP contribution in [0, 0.1) is 11.8 Å². The van der Waals surface area contributed by atoms with Gasteiger partial charge in [0.1, 0.15) is 5.75 Å². The molecule has 136 valence electrons. The van der Waals surface area contributed by atoms with E-state index < -0.39 is 0 Å². The lowest BCUT2D eigenvalue weighted by Gasteiger charge is -2.34. The molecule has 0 aliphatic carbocycles. The lowest BCUT2D eigenvalue weighted by molar-refractivity contribution is 0.0777. The van der Waals surface area contributed by atoms with E-state index in [1.807, 2.05) is 34.1 Å². The van der Waals surface area contributed by atoms with Crippen LogP contribution in [-0.4, -0.2) is 62.1 Å². The highest BCUT2D eigenvalue weighted by Crippen LogP contribution is 2.32. The third kappa shape index (κ3) is 3.89. The number of piperidine rings is 1. The quantitative estimate of drug-likeness (QED) is 0.914. The van der Waals surface area contributed by atoms with E-state index in [-0.39, 0.29) is 11.9 Å². The Labute approximate surface area is 149 Å². The van der Waals surface area contributed by atoms with Gasteiger partial charge in [-0.05, 0) is 55.4 Å². The number of methoxy groups -OCH3 is 1. The molecule has 6 heteroatoms. The van der Waals surface area contributed by atoms with E-state index in [0.717, 1.165) is 56.8 Å². The van der Waals surface area contributed by atoms with Gasteiger partial charge < -0.3 is 19.9 Å². The van der Waals surface area contributed by atoms with Crippen LogP contribution in [0.15, 0.2) is 24.3 Å². The van der Waals surface area contributed by atoms with Gasteiger partial charge in [0.15, 0.2) is 0 Å². The van der Waals surface area contributed by atoms with E-state index in [1.165, 1.54) is 0 Å². The summed E-state index contributed by atoms with van der Waals surface area (Å²) in [6.45, 7) is 3.28. The fourth-order valence-electron chi connectivity index (χ4n) is 4.00. The van der Waals surface area contributed by atoms with Crippen molar-refractivity contribution in [1.82, 2.24) is 15.1 Å². The van der Waals surface area contributed by atoms with E-state index in [1.54, 1.807) is 14.2 Å². The Kier molecular flexibility index (Phi) is 5.46. The van der Waals surface area contributed by atoms with E-state index in [9.17, 15) is 9.59 Å². The molecule has 25 heavy (non-hydrogen) atoms. The van der Waals surface area contributed by atoms with Crippen LogP contribution in [0.3, 0.4) is 0 Å². The number of nitrogens with one attached hydrogen (secondary N) is 1. The molecule has 0 radical (unpaired) electrons. The van der Waals surface area contributed by atoms with E-state index in [0.29, 0.717) is 11.8 Å². The predicted molar refractivity (Wildman–Crippen MR) is 95.8 cm³/mol. The smallest absolute Gasteiger partial charge is 0.317 e. The van der Waals surface area contributed by atoms with E-state index >= 15 is 0 Å². The molecule has 6 nitrogen and oxygen atoms in total. The van der Waals surface area contributed by atoms with Crippen LogP contribution in [0.1, 0.15) is 29.6 Å². The number of hydrogen-bond donors (Lipinski definition) is 1. The highest BCUT2D eigenvalue weighted by Gasteiger charge is 2.34. The molecule has 2 heterocycles. The molecule has 1 unspecified atom stereocenters. The van der Waals surface area contributed by atoms with Crippen molar-refractivity contribution in [3.8, 4) is 5.75 Å². The Hall–Kier alpha value is -2.24. The number of likely N-dealkylation sites (tertiary alicyclic amines) is 2. The summed E-state index contributed by atoms with van der Waals surface area (Å²) in [7, 11) is 3.30. The number of benzene rings is 1. The third-order valence-electron chi connectivity index (χ3n) is 5.56. The average Bonchev–Trinajstić information content (AvgIpc) is 3.17. The van der Waals surface area contributed by atoms with Crippen LogP contribution >= 0.6 is 0 Å². The largest absolute Gasteiger partial charge is 0.497 e. The van der Waals surface area contributed by atoms with Gasteiger partial charge in [0.25, 0.3) is 5.91 Å². The molecule has 0 bridgehead atoms. The average molecular weight is 345 g/mol. The summed E-state index contributed by atoms with van der Waals surface area (Å²) < 4.78 is 5.15. The second-order valence-electron chi connectivity index (χ2n) is 6.91. The minimum absolute atomic E-state index is 0.0150. The van der Waals surface area contributed by atoms with E-state index in [4.69, 9.17) is 4.74 Å². The molecule has 0 spiro atoms. The van der Waals surface area contributed by atoms with Crippen LogP contribution in [0.2, 0.25) is 0 Å². The molecular weight excluding hydrogens is 318 g/mol. The molecule has 3 amide bonds. The highest BCUT2D eigenvalue weighted by molar-refractivity contribution is 5.94. The normalized spacial score (nSPS) is 21.3. The molecule has 2 saturated heterocycles. The molecular formula is C19H27N3O3. The molecule has 2 aliphatic rings. The zero-order valence-electron chi connectivity index (χ0n) is 15.0. The molecule has 2 fully saturated rings. The Morgan fingerprint density at radius 3 is 2.20 bits per heavy atom. The SMILES string of the molecule is CNC(=O)N1CCC(C2CCN(C(=O)c3ccc(OC)cc3)C2)CC1. The lowest BCUT2D eigenvalue weighted by Crippen LogP contribution is -2.44. The number of hydrogen-bond acceptors (Lipinski definition) is 3. The van der Waals surface area contributed by atoms with Gasteiger partial charge in [-0.1, -0.05) is 0 Å². The summed E-state index contributed by atoms with van der Waals surface area (Å²) in [5.41, 5.74) is 0.718. The standard InChI is InChI=1S/C19H27N3O3/c1-20-19(24)21-10-7-14(8-11-21)16-9-12-22(13-16)18(23)15-3-5-17(25-2)6-4-15/h3-6,14,16H,7-13H2,1-2H3,(H,20,24). The first-order valence-corrected chi connectivity index (χ1v) is 9.02. The molecule has 1 aromatic carbocycles. The maximum absolute atomic E-state index is 12.7. The number of carbonyl (C=O) groups excluding carboxylic acids is 2.